The van der Waals surface area contributed by atoms with E-state index in [9.17, 15) is 0 Å². The van der Waals surface area contributed by atoms with Gasteiger partial charge in [-0.1, -0.05) is 26.8 Å². The van der Waals surface area contributed by atoms with Crippen LogP contribution in [0.25, 0.3) is 11.0 Å². The van der Waals surface area contributed by atoms with Crippen LogP contribution < -0.4 is 0 Å². The van der Waals surface area contributed by atoms with Crippen molar-refractivity contribution in [2.45, 2.75) is 40.0 Å². The van der Waals surface area contributed by atoms with Crippen molar-refractivity contribution in [3.63, 3.8) is 0 Å². The van der Waals surface area contributed by atoms with Crippen molar-refractivity contribution < 1.29 is 0 Å². The highest BCUT2D eigenvalue weighted by Crippen LogP contribution is 2.16. The van der Waals surface area contributed by atoms with Crippen molar-refractivity contribution in [1.29, 1.82) is 0 Å². The third kappa shape index (κ3) is 2.43. The number of imidazole rings is 1. The Bertz CT molecular complexity index is 469. The molecule has 0 bridgehead atoms. The third-order valence-corrected chi connectivity index (χ3v) is 2.73. The number of nitrogens with one attached hydrogen (secondary N) is 1. The average molecular weight is 216 g/mol. The van der Waals surface area contributed by atoms with Gasteiger partial charge in [-0.15, -0.1) is 0 Å². The maximum Gasteiger partial charge on any atom is 0.107 e. The van der Waals surface area contributed by atoms with E-state index < -0.39 is 0 Å². The van der Waals surface area contributed by atoms with Gasteiger partial charge in [-0.3, -0.25) is 0 Å². The molecule has 0 amide bonds. The highest BCUT2D eigenvalue weighted by molar-refractivity contribution is 5.75. The molecule has 1 N–H and O–H groups in total. The third-order valence-electron chi connectivity index (χ3n) is 2.73. The molecule has 1 heterocycles. The van der Waals surface area contributed by atoms with Crippen LogP contribution in [-0.4, -0.2) is 9.97 Å². The molecule has 1 aromatic carbocycles. The molecule has 0 aliphatic heterocycles. The minimum absolute atomic E-state index is 0.704. The van der Waals surface area contributed by atoms with Crippen molar-refractivity contribution in [3.05, 3.63) is 29.6 Å². The Morgan fingerprint density at radius 2 is 2.12 bits per heavy atom. The van der Waals surface area contributed by atoms with E-state index in [0.717, 1.165) is 30.6 Å². The van der Waals surface area contributed by atoms with E-state index in [1.165, 1.54) is 11.1 Å². The van der Waals surface area contributed by atoms with Gasteiger partial charge in [0.1, 0.15) is 5.82 Å². The first-order chi connectivity index (χ1) is 7.69. The Balaban J connectivity index is 2.30. The Morgan fingerprint density at radius 3 is 2.81 bits per heavy atom. The summed E-state index contributed by atoms with van der Waals surface area (Å²) in [5, 5.41) is 0. The van der Waals surface area contributed by atoms with Crippen LogP contribution in [0.15, 0.2) is 18.2 Å². The molecule has 2 rings (SSSR count). The first kappa shape index (κ1) is 11.2. The van der Waals surface area contributed by atoms with Gasteiger partial charge in [0.15, 0.2) is 0 Å². The highest BCUT2D eigenvalue weighted by Gasteiger charge is 2.04. The molecule has 0 saturated heterocycles. The van der Waals surface area contributed by atoms with E-state index in [1.807, 2.05) is 0 Å². The second kappa shape index (κ2) is 4.69. The van der Waals surface area contributed by atoms with E-state index in [2.05, 4.69) is 48.9 Å². The van der Waals surface area contributed by atoms with Crippen LogP contribution >= 0.6 is 0 Å². The van der Waals surface area contributed by atoms with E-state index >= 15 is 0 Å². The summed E-state index contributed by atoms with van der Waals surface area (Å²) in [4.78, 5) is 7.97. The van der Waals surface area contributed by atoms with Gasteiger partial charge in [0, 0.05) is 6.42 Å². The van der Waals surface area contributed by atoms with Gasteiger partial charge in [0.2, 0.25) is 0 Å². The molecular formula is C14H20N2. The van der Waals surface area contributed by atoms with E-state index in [0.29, 0.717) is 5.92 Å². The van der Waals surface area contributed by atoms with Crippen molar-refractivity contribution in [3.8, 4) is 0 Å². The van der Waals surface area contributed by atoms with Gasteiger partial charge >= 0.3 is 0 Å². The number of hydrogen-bond acceptors (Lipinski definition) is 1. The summed E-state index contributed by atoms with van der Waals surface area (Å²) in [6, 6.07) is 6.56. The highest BCUT2D eigenvalue weighted by atomic mass is 14.9. The summed E-state index contributed by atoms with van der Waals surface area (Å²) in [5.74, 6) is 1.81. The fraction of sp³-hybridized carbons (Fsp3) is 0.500. The number of aromatic nitrogens is 2. The van der Waals surface area contributed by atoms with E-state index in [-0.39, 0.29) is 0 Å². The molecule has 0 saturated carbocycles. The SMILES string of the molecule is CCCc1nc2ccc(CC(C)C)cc2[nH]1. The van der Waals surface area contributed by atoms with Crippen LogP contribution in [0.2, 0.25) is 0 Å². The van der Waals surface area contributed by atoms with Crippen molar-refractivity contribution in [1.82, 2.24) is 9.97 Å². The Morgan fingerprint density at radius 1 is 1.31 bits per heavy atom. The van der Waals surface area contributed by atoms with E-state index in [4.69, 9.17) is 0 Å². The lowest BCUT2D eigenvalue weighted by Crippen LogP contribution is -1.93. The van der Waals surface area contributed by atoms with Gasteiger partial charge in [0.05, 0.1) is 11.0 Å². The summed E-state index contributed by atoms with van der Waals surface area (Å²) in [7, 11) is 0. The number of rotatable bonds is 4. The molecule has 0 aliphatic carbocycles. The molecule has 2 nitrogen and oxygen atoms in total. The van der Waals surface area contributed by atoms with Gasteiger partial charge in [-0.2, -0.15) is 0 Å². The maximum atomic E-state index is 4.57. The lowest BCUT2D eigenvalue weighted by atomic mass is 10.0. The van der Waals surface area contributed by atoms with Crippen LogP contribution in [0.1, 0.15) is 38.6 Å². The number of fused-ring (bicyclic) bond motifs is 1. The predicted molar refractivity (Wildman–Crippen MR) is 68.6 cm³/mol. The molecule has 2 heteroatoms. The van der Waals surface area contributed by atoms with Crippen LogP contribution in [0.3, 0.4) is 0 Å². The van der Waals surface area contributed by atoms with Gasteiger partial charge in [0.25, 0.3) is 0 Å². The summed E-state index contributed by atoms with van der Waals surface area (Å²) < 4.78 is 0. The van der Waals surface area contributed by atoms with Crippen LogP contribution in [0.5, 0.6) is 0 Å². The number of aryl methyl sites for hydroxylation is 1. The zero-order valence-corrected chi connectivity index (χ0v) is 10.4. The number of benzene rings is 1. The number of nitrogens with zero attached hydrogens (tertiary/aromatic N) is 1. The molecule has 0 spiro atoms. The van der Waals surface area contributed by atoms with Crippen molar-refractivity contribution in [2.24, 2.45) is 5.92 Å². The quantitative estimate of drug-likeness (QED) is 0.829. The molecule has 0 unspecified atom stereocenters. The normalized spacial score (nSPS) is 11.5. The standard InChI is InChI=1S/C14H20N2/c1-4-5-14-15-12-7-6-11(8-10(2)3)9-13(12)16-14/h6-7,9-10H,4-5,8H2,1-3H3,(H,15,16). The Kier molecular flexibility index (Phi) is 3.28. The molecule has 0 radical (unpaired) electrons. The number of aromatic amines is 1. The molecule has 16 heavy (non-hydrogen) atoms. The van der Waals surface area contributed by atoms with Crippen molar-refractivity contribution >= 4 is 11.0 Å². The van der Waals surface area contributed by atoms with Crippen LogP contribution in [0, 0.1) is 5.92 Å². The van der Waals surface area contributed by atoms with Crippen molar-refractivity contribution in [2.75, 3.05) is 0 Å². The minimum atomic E-state index is 0.704. The first-order valence-electron chi connectivity index (χ1n) is 6.16. The summed E-state index contributed by atoms with van der Waals surface area (Å²) in [5.41, 5.74) is 3.67. The van der Waals surface area contributed by atoms with Gasteiger partial charge in [-0.25, -0.2) is 4.98 Å². The Labute approximate surface area is 97.1 Å². The molecule has 86 valence electrons. The number of hydrogen-bond donors (Lipinski definition) is 1. The maximum absolute atomic E-state index is 4.57. The molecule has 0 aliphatic rings. The first-order valence-corrected chi connectivity index (χ1v) is 6.16. The van der Waals surface area contributed by atoms with Gasteiger partial charge < -0.3 is 4.98 Å². The molecule has 0 atom stereocenters. The predicted octanol–water partition coefficient (Wildman–Crippen LogP) is 3.71. The topological polar surface area (TPSA) is 28.7 Å². The zero-order chi connectivity index (χ0) is 11.5. The summed E-state index contributed by atoms with van der Waals surface area (Å²) >= 11 is 0. The average Bonchev–Trinajstić information content (AvgIpc) is 2.59. The monoisotopic (exact) mass is 216 g/mol. The fourth-order valence-corrected chi connectivity index (χ4v) is 2.06. The van der Waals surface area contributed by atoms with Crippen LogP contribution in [-0.2, 0) is 12.8 Å². The lowest BCUT2D eigenvalue weighted by Gasteiger charge is -2.03. The molecule has 0 fully saturated rings. The minimum Gasteiger partial charge on any atom is -0.342 e. The fourth-order valence-electron chi connectivity index (χ4n) is 2.06. The summed E-state index contributed by atoms with van der Waals surface area (Å²) in [6.07, 6.45) is 3.31. The van der Waals surface area contributed by atoms with Gasteiger partial charge in [-0.05, 0) is 36.5 Å². The molecule has 1 aromatic heterocycles. The molecule has 2 aromatic rings. The number of H-pyrrole nitrogens is 1. The zero-order valence-electron chi connectivity index (χ0n) is 10.4. The Hall–Kier alpha value is -1.31. The second-order valence-electron chi connectivity index (χ2n) is 4.88. The smallest absolute Gasteiger partial charge is 0.107 e. The lowest BCUT2D eigenvalue weighted by molar-refractivity contribution is 0.648. The largest absolute Gasteiger partial charge is 0.342 e. The molecular weight excluding hydrogens is 196 g/mol. The van der Waals surface area contributed by atoms with Crippen LogP contribution in [0.4, 0.5) is 0 Å². The second-order valence-corrected chi connectivity index (χ2v) is 4.88. The summed E-state index contributed by atoms with van der Waals surface area (Å²) in [6.45, 7) is 6.68. The van der Waals surface area contributed by atoms with E-state index in [1.54, 1.807) is 0 Å².